The fourth-order valence-electron chi connectivity index (χ4n) is 2.23. The molecule has 1 fully saturated rings. The average Bonchev–Trinajstić information content (AvgIpc) is 3.31. The quantitative estimate of drug-likeness (QED) is 0.721. The molecule has 9 heteroatoms. The molecule has 0 saturated heterocycles. The third-order valence-corrected chi connectivity index (χ3v) is 5.01. The summed E-state index contributed by atoms with van der Waals surface area (Å²) >= 11 is 0. The van der Waals surface area contributed by atoms with Gasteiger partial charge in [0, 0.05) is 11.6 Å². The van der Waals surface area contributed by atoms with Gasteiger partial charge in [0.25, 0.3) is 15.9 Å². The molecule has 0 spiro atoms. The Morgan fingerprint density at radius 3 is 2.79 bits per heavy atom. The zero-order valence-electron chi connectivity index (χ0n) is 13.0. The number of aliphatic imine (C=N–C) groups is 1. The molecule has 1 atom stereocenters. The third kappa shape index (κ3) is 3.56. The highest BCUT2D eigenvalue weighted by molar-refractivity contribution is 7.90. The van der Waals surface area contributed by atoms with Crippen LogP contribution < -0.4 is 10.0 Å². The second-order valence-corrected chi connectivity index (χ2v) is 7.36. The van der Waals surface area contributed by atoms with Gasteiger partial charge in [-0.2, -0.15) is 0 Å². The van der Waals surface area contributed by atoms with E-state index in [1.807, 2.05) is 0 Å². The minimum atomic E-state index is -3.66. The molecule has 0 aromatic heterocycles. The van der Waals surface area contributed by atoms with E-state index in [9.17, 15) is 18.0 Å². The molecule has 2 aliphatic rings. The van der Waals surface area contributed by atoms with Crippen molar-refractivity contribution in [3.63, 3.8) is 0 Å². The molecule has 1 aromatic rings. The molecule has 128 valence electrons. The van der Waals surface area contributed by atoms with E-state index in [0.29, 0.717) is 5.56 Å². The van der Waals surface area contributed by atoms with Crippen LogP contribution in [-0.2, 0) is 24.3 Å². The predicted molar refractivity (Wildman–Crippen MR) is 84.9 cm³/mol. The summed E-state index contributed by atoms with van der Waals surface area (Å²) in [6.45, 7) is 1.11. The number of carbonyl (C=O) groups excluding carboxylic acids is 2. The molecular formula is C15H17N3O5S. The van der Waals surface area contributed by atoms with Crippen molar-refractivity contribution in [1.82, 2.24) is 10.0 Å². The number of hydrogen-bond donors (Lipinski definition) is 2. The van der Waals surface area contributed by atoms with Crippen molar-refractivity contribution in [2.75, 3.05) is 6.61 Å². The Bertz CT molecular complexity index is 814. The molecule has 0 radical (unpaired) electrons. The van der Waals surface area contributed by atoms with Gasteiger partial charge in [0.15, 0.2) is 6.61 Å². The van der Waals surface area contributed by atoms with Crippen LogP contribution in [0, 0.1) is 0 Å². The minimum Gasteiger partial charge on any atom is -0.454 e. The smallest absolute Gasteiger partial charge is 0.331 e. The van der Waals surface area contributed by atoms with Crippen molar-refractivity contribution in [3.8, 4) is 0 Å². The number of amidine groups is 1. The van der Waals surface area contributed by atoms with Crippen LogP contribution in [0.4, 0.5) is 0 Å². The second kappa shape index (κ2) is 6.23. The number of esters is 1. The summed E-state index contributed by atoms with van der Waals surface area (Å²) in [6, 6.07) is 5.61. The van der Waals surface area contributed by atoms with Crippen LogP contribution in [0.2, 0.25) is 0 Å². The van der Waals surface area contributed by atoms with Gasteiger partial charge in [0.2, 0.25) is 0 Å². The van der Waals surface area contributed by atoms with Gasteiger partial charge in [-0.15, -0.1) is 0 Å². The lowest BCUT2D eigenvalue weighted by Gasteiger charge is -2.09. The van der Waals surface area contributed by atoms with Gasteiger partial charge in [-0.05, 0) is 31.9 Å². The van der Waals surface area contributed by atoms with E-state index in [1.165, 1.54) is 13.0 Å². The molecule has 0 bridgehead atoms. The van der Waals surface area contributed by atoms with Crippen LogP contribution >= 0.6 is 0 Å². The van der Waals surface area contributed by atoms with E-state index in [-0.39, 0.29) is 29.3 Å². The van der Waals surface area contributed by atoms with Gasteiger partial charge in [-0.1, -0.05) is 12.1 Å². The molecule has 8 nitrogen and oxygen atoms in total. The summed E-state index contributed by atoms with van der Waals surface area (Å²) in [7, 11) is -3.66. The van der Waals surface area contributed by atoms with Crippen LogP contribution in [0.1, 0.15) is 25.3 Å². The lowest BCUT2D eigenvalue weighted by atomic mass is 10.2. The Morgan fingerprint density at radius 2 is 2.08 bits per heavy atom. The zero-order chi connectivity index (χ0) is 17.3. The monoisotopic (exact) mass is 351 g/mol. The molecule has 24 heavy (non-hydrogen) atoms. The molecule has 1 aliphatic heterocycles. The van der Waals surface area contributed by atoms with Crippen molar-refractivity contribution >= 4 is 27.7 Å². The maximum absolute atomic E-state index is 12.0. The summed E-state index contributed by atoms with van der Waals surface area (Å²) in [5, 5.41) is 2.70. The number of amides is 1. The molecule has 1 aromatic carbocycles. The Hall–Kier alpha value is -2.42. The van der Waals surface area contributed by atoms with Gasteiger partial charge in [0.05, 0.1) is 4.90 Å². The van der Waals surface area contributed by atoms with E-state index in [0.717, 1.165) is 12.8 Å². The van der Waals surface area contributed by atoms with Crippen molar-refractivity contribution < 1.29 is 22.7 Å². The van der Waals surface area contributed by atoms with Gasteiger partial charge in [0.1, 0.15) is 11.9 Å². The Morgan fingerprint density at radius 1 is 1.38 bits per heavy atom. The number of fused-ring (bicyclic) bond motifs is 1. The van der Waals surface area contributed by atoms with Crippen LogP contribution in [-0.4, -0.2) is 44.8 Å². The van der Waals surface area contributed by atoms with Crippen molar-refractivity contribution in [1.29, 1.82) is 0 Å². The standard InChI is InChI=1S/C15H17N3O5S/c1-9(15(20)23-8-13(19)17-10-6-7-10)16-14-11-4-2-3-5-12(11)24(21,22)18-14/h2-5,9-10H,6-8H2,1H3,(H,16,18)(H,17,19). The van der Waals surface area contributed by atoms with Crippen molar-refractivity contribution in [3.05, 3.63) is 29.8 Å². The molecule has 3 rings (SSSR count). The molecule has 2 N–H and O–H groups in total. The zero-order valence-corrected chi connectivity index (χ0v) is 13.8. The minimum absolute atomic E-state index is 0.0949. The highest BCUT2D eigenvalue weighted by Crippen LogP contribution is 2.22. The molecule has 1 amide bonds. The predicted octanol–water partition coefficient (Wildman–Crippen LogP) is -0.0646. The first-order chi connectivity index (χ1) is 11.4. The summed E-state index contributed by atoms with van der Waals surface area (Å²) in [4.78, 5) is 27.6. The Kier molecular flexibility index (Phi) is 4.27. The molecule has 1 saturated carbocycles. The average molecular weight is 351 g/mol. The number of rotatable bonds is 5. The number of nitrogens with zero attached hydrogens (tertiary/aromatic N) is 1. The highest BCUT2D eigenvalue weighted by atomic mass is 32.2. The second-order valence-electron chi connectivity index (χ2n) is 5.70. The molecule has 1 heterocycles. The van der Waals surface area contributed by atoms with E-state index in [4.69, 9.17) is 4.74 Å². The lowest BCUT2D eigenvalue weighted by molar-refractivity contribution is -0.149. The summed E-state index contributed by atoms with van der Waals surface area (Å²) in [5.41, 5.74) is 0.406. The van der Waals surface area contributed by atoms with E-state index in [2.05, 4.69) is 15.0 Å². The van der Waals surface area contributed by atoms with Crippen LogP contribution in [0.15, 0.2) is 34.2 Å². The number of carbonyl (C=O) groups is 2. The number of benzene rings is 1. The summed E-state index contributed by atoms with van der Waals surface area (Å²) in [5.74, 6) is -0.952. The maximum atomic E-state index is 12.0. The van der Waals surface area contributed by atoms with Crippen molar-refractivity contribution in [2.24, 2.45) is 4.99 Å². The van der Waals surface area contributed by atoms with Gasteiger partial charge >= 0.3 is 5.97 Å². The fourth-order valence-corrected chi connectivity index (χ4v) is 3.47. The normalized spacial score (nSPS) is 20.8. The SMILES string of the molecule is CC(N=C1NS(=O)(=O)c2ccccc21)C(=O)OCC(=O)NC1CC1. The first-order valence-corrected chi connectivity index (χ1v) is 9.01. The molecule has 1 unspecified atom stereocenters. The number of hydrogen-bond acceptors (Lipinski definition) is 6. The Balaban J connectivity index is 1.65. The van der Waals surface area contributed by atoms with E-state index in [1.54, 1.807) is 18.2 Å². The molecule has 1 aliphatic carbocycles. The van der Waals surface area contributed by atoms with Crippen LogP contribution in [0.3, 0.4) is 0 Å². The van der Waals surface area contributed by atoms with Crippen LogP contribution in [0.25, 0.3) is 0 Å². The van der Waals surface area contributed by atoms with Gasteiger partial charge < -0.3 is 10.1 Å². The number of nitrogens with one attached hydrogen (secondary N) is 2. The number of sulfonamides is 1. The fraction of sp³-hybridized carbons (Fsp3) is 0.400. The third-order valence-electron chi connectivity index (χ3n) is 3.61. The van der Waals surface area contributed by atoms with Gasteiger partial charge in [-0.3, -0.25) is 14.5 Å². The lowest BCUT2D eigenvalue weighted by Crippen LogP contribution is -2.32. The Labute approximate surface area is 139 Å². The van der Waals surface area contributed by atoms with Crippen LogP contribution in [0.5, 0.6) is 0 Å². The first kappa shape index (κ1) is 16.4. The topological polar surface area (TPSA) is 114 Å². The maximum Gasteiger partial charge on any atom is 0.331 e. The highest BCUT2D eigenvalue weighted by Gasteiger charge is 2.31. The largest absolute Gasteiger partial charge is 0.454 e. The van der Waals surface area contributed by atoms with E-state index >= 15 is 0 Å². The summed E-state index contributed by atoms with van der Waals surface area (Å²) < 4.78 is 31.2. The van der Waals surface area contributed by atoms with Crippen molar-refractivity contribution in [2.45, 2.75) is 36.7 Å². The summed E-state index contributed by atoms with van der Waals surface area (Å²) in [6.07, 6.45) is 1.90. The first-order valence-electron chi connectivity index (χ1n) is 7.53. The van der Waals surface area contributed by atoms with E-state index < -0.39 is 22.0 Å². The van der Waals surface area contributed by atoms with Gasteiger partial charge in [-0.25, -0.2) is 13.2 Å². The number of ether oxygens (including phenoxy) is 1. The molecular weight excluding hydrogens is 334 g/mol.